The highest BCUT2D eigenvalue weighted by Gasteiger charge is 2.25. The summed E-state index contributed by atoms with van der Waals surface area (Å²) in [5, 5.41) is 23.0. The summed E-state index contributed by atoms with van der Waals surface area (Å²) in [7, 11) is 0. The molecular weight excluding hydrogens is 384 g/mol. The number of anilines is 1. The quantitative estimate of drug-likeness (QED) is 0.492. The third kappa shape index (κ3) is 3.83. The minimum Gasteiger partial charge on any atom is -0.309 e. The molecule has 2 aromatic heterocycles. The van der Waals surface area contributed by atoms with Crippen molar-refractivity contribution in [3.8, 4) is 5.69 Å². The third-order valence-electron chi connectivity index (χ3n) is 5.59. The van der Waals surface area contributed by atoms with Gasteiger partial charge in [0.1, 0.15) is 23.8 Å². The first kappa shape index (κ1) is 19.8. The van der Waals surface area contributed by atoms with E-state index in [1.165, 1.54) is 17.5 Å². The molecule has 1 aromatic carbocycles. The Morgan fingerprint density at radius 1 is 1.20 bits per heavy atom. The van der Waals surface area contributed by atoms with Crippen LogP contribution in [0.5, 0.6) is 0 Å². The molecule has 1 N–H and O–H groups in total. The van der Waals surface area contributed by atoms with Crippen LogP contribution in [0, 0.1) is 24.0 Å². The van der Waals surface area contributed by atoms with Crippen LogP contribution in [0.15, 0.2) is 36.4 Å². The molecule has 156 valence electrons. The van der Waals surface area contributed by atoms with E-state index in [1.807, 2.05) is 36.4 Å². The Balaban J connectivity index is 1.60. The first-order valence-electron chi connectivity index (χ1n) is 10.1. The molecule has 1 aliphatic carbocycles. The van der Waals surface area contributed by atoms with Crippen molar-refractivity contribution in [1.29, 1.82) is 0 Å². The minimum absolute atomic E-state index is 0.0550. The van der Waals surface area contributed by atoms with Crippen LogP contribution in [0.3, 0.4) is 0 Å². The summed E-state index contributed by atoms with van der Waals surface area (Å²) in [6.45, 7) is 3.05. The number of nitro groups is 1. The molecule has 30 heavy (non-hydrogen) atoms. The molecule has 9 heteroatoms. The van der Waals surface area contributed by atoms with Crippen molar-refractivity contribution in [1.82, 2.24) is 19.6 Å². The molecule has 0 spiro atoms. The van der Waals surface area contributed by atoms with Crippen molar-refractivity contribution in [2.75, 3.05) is 5.32 Å². The number of nitrogens with zero attached hydrogens (tertiary/aromatic N) is 5. The number of nitrogens with one attached hydrogen (secondary N) is 1. The molecule has 0 atom stereocenters. The van der Waals surface area contributed by atoms with Gasteiger partial charge in [-0.25, -0.2) is 4.68 Å². The molecule has 2 heterocycles. The maximum atomic E-state index is 12.8. The number of amides is 1. The van der Waals surface area contributed by atoms with Gasteiger partial charge in [0.25, 0.3) is 0 Å². The molecule has 0 saturated heterocycles. The summed E-state index contributed by atoms with van der Waals surface area (Å²) in [6, 6.07) is 11.6. The zero-order valence-corrected chi connectivity index (χ0v) is 17.0. The summed E-state index contributed by atoms with van der Waals surface area (Å²) in [5.74, 6) is 0.680. The summed E-state index contributed by atoms with van der Waals surface area (Å²) in [4.78, 5) is 23.5. The highest BCUT2D eigenvalue weighted by molar-refractivity contribution is 5.90. The van der Waals surface area contributed by atoms with Gasteiger partial charge in [-0.2, -0.15) is 10.2 Å². The van der Waals surface area contributed by atoms with E-state index in [1.54, 1.807) is 18.5 Å². The van der Waals surface area contributed by atoms with Crippen LogP contribution in [0.2, 0.25) is 0 Å². The fourth-order valence-corrected chi connectivity index (χ4v) is 4.10. The molecule has 1 saturated carbocycles. The van der Waals surface area contributed by atoms with E-state index < -0.39 is 4.92 Å². The molecule has 1 amide bonds. The summed E-state index contributed by atoms with van der Waals surface area (Å²) >= 11 is 0. The van der Waals surface area contributed by atoms with E-state index in [0.29, 0.717) is 23.1 Å². The van der Waals surface area contributed by atoms with Gasteiger partial charge in [0.15, 0.2) is 0 Å². The fraction of sp³-hybridized carbons (Fsp3) is 0.381. The predicted molar refractivity (Wildman–Crippen MR) is 112 cm³/mol. The van der Waals surface area contributed by atoms with E-state index in [0.717, 1.165) is 24.2 Å². The molecule has 0 bridgehead atoms. The Kier molecular flexibility index (Phi) is 5.35. The zero-order chi connectivity index (χ0) is 21.3. The van der Waals surface area contributed by atoms with Crippen molar-refractivity contribution < 1.29 is 9.72 Å². The van der Waals surface area contributed by atoms with Gasteiger partial charge in [-0.3, -0.25) is 19.6 Å². The van der Waals surface area contributed by atoms with Crippen molar-refractivity contribution in [3.05, 3.63) is 63.6 Å². The first-order chi connectivity index (χ1) is 14.4. The number of rotatable bonds is 6. The van der Waals surface area contributed by atoms with Crippen LogP contribution in [0.4, 0.5) is 11.5 Å². The van der Waals surface area contributed by atoms with Crippen LogP contribution in [-0.4, -0.2) is 30.4 Å². The lowest BCUT2D eigenvalue weighted by molar-refractivity contribution is -0.386. The number of aromatic nitrogens is 4. The number of hydrogen-bond acceptors (Lipinski definition) is 5. The molecule has 4 rings (SSSR count). The van der Waals surface area contributed by atoms with Gasteiger partial charge in [0.2, 0.25) is 5.91 Å². The number of para-hydroxylation sites is 1. The van der Waals surface area contributed by atoms with Crippen LogP contribution >= 0.6 is 0 Å². The highest BCUT2D eigenvalue weighted by atomic mass is 16.6. The Morgan fingerprint density at radius 3 is 2.53 bits per heavy atom. The second-order valence-corrected chi connectivity index (χ2v) is 7.67. The molecular formula is C21H24N6O3. The van der Waals surface area contributed by atoms with E-state index in [-0.39, 0.29) is 18.1 Å². The van der Waals surface area contributed by atoms with Gasteiger partial charge in [-0.15, -0.1) is 0 Å². The van der Waals surface area contributed by atoms with Gasteiger partial charge in [-0.05, 0) is 38.8 Å². The number of carbonyl (C=O) groups is 1. The molecule has 0 radical (unpaired) electrons. The van der Waals surface area contributed by atoms with Crippen molar-refractivity contribution in [2.24, 2.45) is 0 Å². The Hall–Kier alpha value is -3.49. The lowest BCUT2D eigenvalue weighted by Gasteiger charge is -2.09. The molecule has 9 nitrogen and oxygen atoms in total. The van der Waals surface area contributed by atoms with Crippen LogP contribution in [0.1, 0.15) is 48.7 Å². The van der Waals surface area contributed by atoms with Gasteiger partial charge in [-0.1, -0.05) is 31.0 Å². The SMILES string of the molecule is Cc1nn(CC(=O)Nc2cc(C3CCCC3)nn2-c2ccccc2)c(C)c1[N+](=O)[O-]. The topological polar surface area (TPSA) is 108 Å². The van der Waals surface area contributed by atoms with E-state index >= 15 is 0 Å². The van der Waals surface area contributed by atoms with Crippen molar-refractivity contribution in [3.63, 3.8) is 0 Å². The average molecular weight is 408 g/mol. The first-order valence-corrected chi connectivity index (χ1v) is 10.1. The molecule has 3 aromatic rings. The molecule has 1 fully saturated rings. The molecule has 0 unspecified atom stereocenters. The standard InChI is InChI=1S/C21H24N6O3/c1-14-21(27(29)30)15(2)25(23-14)13-20(28)22-19-12-18(16-8-6-7-9-16)24-26(19)17-10-4-3-5-11-17/h3-5,10-12,16H,6-9,13H2,1-2H3,(H,22,28). The molecule has 0 aliphatic heterocycles. The monoisotopic (exact) mass is 408 g/mol. The fourth-order valence-electron chi connectivity index (χ4n) is 4.10. The number of aryl methyl sites for hydroxylation is 1. The smallest absolute Gasteiger partial charge is 0.309 e. The maximum Gasteiger partial charge on any atom is 0.312 e. The Morgan fingerprint density at radius 2 is 1.90 bits per heavy atom. The van der Waals surface area contributed by atoms with Gasteiger partial charge < -0.3 is 5.32 Å². The van der Waals surface area contributed by atoms with E-state index in [2.05, 4.69) is 10.4 Å². The summed E-state index contributed by atoms with van der Waals surface area (Å²) in [5.41, 5.74) is 2.44. The van der Waals surface area contributed by atoms with Crippen molar-refractivity contribution >= 4 is 17.4 Å². The maximum absolute atomic E-state index is 12.8. The minimum atomic E-state index is -0.468. The molecule has 1 aliphatic rings. The number of carbonyl (C=O) groups excluding carboxylic acids is 1. The normalized spacial score (nSPS) is 14.2. The zero-order valence-electron chi connectivity index (χ0n) is 17.0. The van der Waals surface area contributed by atoms with Crippen molar-refractivity contribution in [2.45, 2.75) is 52.0 Å². The summed E-state index contributed by atoms with van der Waals surface area (Å²) in [6.07, 6.45) is 4.60. The van der Waals surface area contributed by atoms with E-state index in [4.69, 9.17) is 5.10 Å². The average Bonchev–Trinajstić information content (AvgIpc) is 3.42. The second kappa shape index (κ2) is 8.10. The summed E-state index contributed by atoms with van der Waals surface area (Å²) < 4.78 is 3.11. The van der Waals surface area contributed by atoms with Crippen LogP contribution in [0.25, 0.3) is 5.69 Å². The predicted octanol–water partition coefficient (Wildman–Crippen LogP) is 3.89. The van der Waals surface area contributed by atoms with Crippen LogP contribution < -0.4 is 5.32 Å². The lowest BCUT2D eigenvalue weighted by Crippen LogP contribution is -2.22. The van der Waals surface area contributed by atoms with Crippen LogP contribution in [-0.2, 0) is 11.3 Å². The third-order valence-corrected chi connectivity index (χ3v) is 5.59. The Labute approximate surface area is 173 Å². The van der Waals surface area contributed by atoms with Gasteiger partial charge >= 0.3 is 5.69 Å². The van der Waals surface area contributed by atoms with Gasteiger partial charge in [0, 0.05) is 12.0 Å². The largest absolute Gasteiger partial charge is 0.312 e. The highest BCUT2D eigenvalue weighted by Crippen LogP contribution is 2.35. The Bertz CT molecular complexity index is 1080. The number of hydrogen-bond donors (Lipinski definition) is 1. The van der Waals surface area contributed by atoms with Gasteiger partial charge in [0.05, 0.1) is 16.3 Å². The second-order valence-electron chi connectivity index (χ2n) is 7.67. The number of benzene rings is 1. The van der Waals surface area contributed by atoms with E-state index in [9.17, 15) is 14.9 Å². The lowest BCUT2D eigenvalue weighted by atomic mass is 10.0.